The minimum absolute atomic E-state index is 0.194. The molecule has 1 aliphatic heterocycles. The third kappa shape index (κ3) is 2.09. The van der Waals surface area contributed by atoms with Crippen LogP contribution in [0, 0.1) is 5.82 Å². The Labute approximate surface area is 106 Å². The lowest BCUT2D eigenvalue weighted by Crippen LogP contribution is -2.24. The van der Waals surface area contributed by atoms with Crippen LogP contribution >= 0.6 is 0 Å². The molecule has 0 saturated carbocycles. The molecule has 0 aliphatic carbocycles. The van der Waals surface area contributed by atoms with Crippen LogP contribution in [0.5, 0.6) is 0 Å². The topological polar surface area (TPSA) is 15.3 Å². The maximum absolute atomic E-state index is 13.0. The van der Waals surface area contributed by atoms with Crippen LogP contribution in [0.4, 0.5) is 15.8 Å². The standard InChI is InChI=1S/C15H15FN2/c16-13-5-7-14(8-6-13)18-10-9-17-11-12-3-1-2-4-15(12)18/h1-8,17H,9-11H2. The Hall–Kier alpha value is -1.87. The second-order valence-electron chi connectivity index (χ2n) is 4.43. The van der Waals surface area contributed by atoms with E-state index < -0.39 is 0 Å². The van der Waals surface area contributed by atoms with Crippen molar-refractivity contribution in [2.45, 2.75) is 6.54 Å². The van der Waals surface area contributed by atoms with Gasteiger partial charge in [-0.15, -0.1) is 0 Å². The number of rotatable bonds is 1. The van der Waals surface area contributed by atoms with E-state index in [4.69, 9.17) is 0 Å². The molecule has 0 amide bonds. The van der Waals surface area contributed by atoms with Crippen molar-refractivity contribution in [1.82, 2.24) is 5.32 Å². The normalized spacial score (nSPS) is 15.1. The van der Waals surface area contributed by atoms with E-state index in [-0.39, 0.29) is 5.82 Å². The van der Waals surface area contributed by atoms with Gasteiger partial charge in [-0.05, 0) is 35.9 Å². The Balaban J connectivity index is 2.03. The van der Waals surface area contributed by atoms with Gasteiger partial charge < -0.3 is 10.2 Å². The van der Waals surface area contributed by atoms with E-state index >= 15 is 0 Å². The van der Waals surface area contributed by atoms with Crippen LogP contribution in [-0.4, -0.2) is 13.1 Å². The van der Waals surface area contributed by atoms with Crippen LogP contribution in [0.15, 0.2) is 48.5 Å². The summed E-state index contributed by atoms with van der Waals surface area (Å²) in [6.45, 7) is 2.70. The maximum Gasteiger partial charge on any atom is 0.123 e. The van der Waals surface area contributed by atoms with E-state index in [9.17, 15) is 4.39 Å². The average molecular weight is 242 g/mol. The number of para-hydroxylation sites is 1. The number of anilines is 2. The Morgan fingerprint density at radius 1 is 1.00 bits per heavy atom. The Morgan fingerprint density at radius 2 is 1.78 bits per heavy atom. The second kappa shape index (κ2) is 4.78. The number of hydrogen-bond acceptors (Lipinski definition) is 2. The molecule has 0 bridgehead atoms. The molecule has 1 N–H and O–H groups in total. The summed E-state index contributed by atoms with van der Waals surface area (Å²) < 4.78 is 13.0. The lowest BCUT2D eigenvalue weighted by Gasteiger charge is -2.24. The van der Waals surface area contributed by atoms with E-state index in [1.165, 1.54) is 23.4 Å². The summed E-state index contributed by atoms with van der Waals surface area (Å²) in [5.74, 6) is -0.194. The van der Waals surface area contributed by atoms with Crippen molar-refractivity contribution >= 4 is 11.4 Å². The van der Waals surface area contributed by atoms with E-state index in [2.05, 4.69) is 28.4 Å². The Kier molecular flexibility index (Phi) is 2.99. The molecule has 2 aromatic carbocycles. The van der Waals surface area contributed by atoms with Gasteiger partial charge in [0, 0.05) is 31.0 Å². The van der Waals surface area contributed by atoms with E-state index in [0.29, 0.717) is 0 Å². The molecule has 0 unspecified atom stereocenters. The van der Waals surface area contributed by atoms with Crippen molar-refractivity contribution in [3.8, 4) is 0 Å². The van der Waals surface area contributed by atoms with Crippen molar-refractivity contribution in [3.05, 3.63) is 59.9 Å². The van der Waals surface area contributed by atoms with Gasteiger partial charge in [-0.1, -0.05) is 18.2 Å². The van der Waals surface area contributed by atoms with Gasteiger partial charge in [-0.2, -0.15) is 0 Å². The fourth-order valence-electron chi connectivity index (χ4n) is 2.35. The zero-order chi connectivity index (χ0) is 12.4. The van der Waals surface area contributed by atoms with Crippen molar-refractivity contribution in [3.63, 3.8) is 0 Å². The highest BCUT2D eigenvalue weighted by Gasteiger charge is 2.15. The summed E-state index contributed by atoms with van der Waals surface area (Å²) in [6.07, 6.45) is 0. The first-order chi connectivity index (χ1) is 8.84. The molecular weight excluding hydrogens is 227 g/mol. The Bertz CT molecular complexity index is 536. The zero-order valence-electron chi connectivity index (χ0n) is 10.1. The lowest BCUT2D eigenvalue weighted by molar-refractivity contribution is 0.627. The van der Waals surface area contributed by atoms with Crippen LogP contribution in [0.1, 0.15) is 5.56 Å². The minimum Gasteiger partial charge on any atom is -0.340 e. The molecule has 2 nitrogen and oxygen atoms in total. The number of nitrogens with zero attached hydrogens (tertiary/aromatic N) is 1. The molecule has 1 aliphatic rings. The first-order valence-corrected chi connectivity index (χ1v) is 6.16. The summed E-state index contributed by atoms with van der Waals surface area (Å²) in [5, 5.41) is 3.40. The summed E-state index contributed by atoms with van der Waals surface area (Å²) >= 11 is 0. The van der Waals surface area contributed by atoms with Crippen LogP contribution in [0.3, 0.4) is 0 Å². The predicted octanol–water partition coefficient (Wildman–Crippen LogP) is 3.07. The van der Waals surface area contributed by atoms with Crippen molar-refractivity contribution in [2.75, 3.05) is 18.0 Å². The molecule has 0 atom stereocenters. The molecule has 18 heavy (non-hydrogen) atoms. The van der Waals surface area contributed by atoms with E-state index in [1.807, 2.05) is 18.2 Å². The summed E-state index contributed by atoms with van der Waals surface area (Å²) in [7, 11) is 0. The van der Waals surface area contributed by atoms with Gasteiger partial charge in [-0.25, -0.2) is 4.39 Å². The number of nitrogens with one attached hydrogen (secondary N) is 1. The highest BCUT2D eigenvalue weighted by Crippen LogP contribution is 2.29. The molecular formula is C15H15FN2. The third-order valence-corrected chi connectivity index (χ3v) is 3.25. The van der Waals surface area contributed by atoms with Crippen molar-refractivity contribution < 1.29 is 4.39 Å². The third-order valence-electron chi connectivity index (χ3n) is 3.25. The second-order valence-corrected chi connectivity index (χ2v) is 4.43. The highest BCUT2D eigenvalue weighted by molar-refractivity contribution is 5.66. The van der Waals surface area contributed by atoms with Gasteiger partial charge in [0.2, 0.25) is 0 Å². The zero-order valence-corrected chi connectivity index (χ0v) is 10.1. The molecule has 0 spiro atoms. The minimum atomic E-state index is -0.194. The fraction of sp³-hybridized carbons (Fsp3) is 0.200. The quantitative estimate of drug-likeness (QED) is 0.826. The van der Waals surface area contributed by atoms with E-state index in [1.54, 1.807) is 0 Å². The summed E-state index contributed by atoms with van der Waals surface area (Å²) in [5.41, 5.74) is 3.51. The number of benzene rings is 2. The molecule has 0 saturated heterocycles. The van der Waals surface area contributed by atoms with Gasteiger partial charge in [0.25, 0.3) is 0 Å². The molecule has 0 aromatic heterocycles. The van der Waals surface area contributed by atoms with Gasteiger partial charge in [0.1, 0.15) is 5.82 Å². The van der Waals surface area contributed by atoms with Gasteiger partial charge in [0.05, 0.1) is 0 Å². The molecule has 92 valence electrons. The Morgan fingerprint density at radius 3 is 2.61 bits per heavy atom. The van der Waals surface area contributed by atoms with Gasteiger partial charge >= 0.3 is 0 Å². The van der Waals surface area contributed by atoms with Gasteiger partial charge in [-0.3, -0.25) is 0 Å². The van der Waals surface area contributed by atoms with Gasteiger partial charge in [0.15, 0.2) is 0 Å². The maximum atomic E-state index is 13.0. The molecule has 0 fully saturated rings. The highest BCUT2D eigenvalue weighted by atomic mass is 19.1. The van der Waals surface area contributed by atoms with Crippen LogP contribution < -0.4 is 10.2 Å². The largest absolute Gasteiger partial charge is 0.340 e. The summed E-state index contributed by atoms with van der Waals surface area (Å²) in [6, 6.07) is 15.0. The first-order valence-electron chi connectivity index (χ1n) is 6.16. The number of halogens is 1. The average Bonchev–Trinajstić information content (AvgIpc) is 2.62. The first kappa shape index (κ1) is 11.2. The number of fused-ring (bicyclic) bond motifs is 1. The van der Waals surface area contributed by atoms with Crippen LogP contribution in [0.25, 0.3) is 0 Å². The van der Waals surface area contributed by atoms with Crippen LogP contribution in [0.2, 0.25) is 0 Å². The van der Waals surface area contributed by atoms with Crippen molar-refractivity contribution in [1.29, 1.82) is 0 Å². The molecule has 3 heteroatoms. The fourth-order valence-corrected chi connectivity index (χ4v) is 2.35. The molecule has 3 rings (SSSR count). The van der Waals surface area contributed by atoms with Crippen LogP contribution in [-0.2, 0) is 6.54 Å². The smallest absolute Gasteiger partial charge is 0.123 e. The monoisotopic (exact) mass is 242 g/mol. The molecule has 1 heterocycles. The summed E-state index contributed by atoms with van der Waals surface area (Å²) in [4.78, 5) is 2.23. The SMILES string of the molecule is Fc1ccc(N2CCNCc3ccccc32)cc1. The lowest BCUT2D eigenvalue weighted by atomic mass is 10.1. The van der Waals surface area contributed by atoms with Crippen molar-refractivity contribution in [2.24, 2.45) is 0 Å². The number of hydrogen-bond donors (Lipinski definition) is 1. The molecule has 2 aromatic rings. The predicted molar refractivity (Wildman–Crippen MR) is 71.6 cm³/mol. The molecule has 0 radical (unpaired) electrons. The van der Waals surface area contributed by atoms with E-state index in [0.717, 1.165) is 25.3 Å².